The smallest absolute Gasteiger partial charge is 0.235 e. The second-order valence-corrected chi connectivity index (χ2v) is 8.13. The third-order valence-electron chi connectivity index (χ3n) is 5.00. The van der Waals surface area contributed by atoms with Crippen molar-refractivity contribution >= 4 is 28.6 Å². The number of amides is 1. The van der Waals surface area contributed by atoms with E-state index in [0.29, 0.717) is 0 Å². The van der Waals surface area contributed by atoms with E-state index in [1.165, 1.54) is 16.5 Å². The van der Waals surface area contributed by atoms with Gasteiger partial charge in [-0.3, -0.25) is 4.79 Å². The maximum atomic E-state index is 12.8. The Morgan fingerprint density at radius 1 is 1.20 bits per heavy atom. The van der Waals surface area contributed by atoms with Crippen molar-refractivity contribution in [2.24, 2.45) is 0 Å². The summed E-state index contributed by atoms with van der Waals surface area (Å²) < 4.78 is 0. The fourth-order valence-electron chi connectivity index (χ4n) is 3.36. The average molecular weight is 358 g/mol. The molecule has 2 heterocycles. The minimum atomic E-state index is -0.110. The predicted octanol–water partition coefficient (Wildman–Crippen LogP) is 3.50. The topological polar surface area (TPSA) is 36.4 Å². The lowest BCUT2D eigenvalue weighted by molar-refractivity contribution is -0.132. The Bertz CT molecular complexity index is 769. The van der Waals surface area contributed by atoms with E-state index in [9.17, 15) is 4.79 Å². The molecule has 0 spiro atoms. The van der Waals surface area contributed by atoms with Crippen LogP contribution >= 0.6 is 11.8 Å². The molecular formula is C20H27N3OS. The van der Waals surface area contributed by atoms with Crippen molar-refractivity contribution in [1.82, 2.24) is 14.8 Å². The zero-order chi connectivity index (χ0) is 18.0. The maximum absolute atomic E-state index is 12.8. The van der Waals surface area contributed by atoms with Crippen molar-refractivity contribution in [1.29, 1.82) is 0 Å². The van der Waals surface area contributed by atoms with Crippen LogP contribution in [0.5, 0.6) is 0 Å². The van der Waals surface area contributed by atoms with E-state index in [1.54, 1.807) is 11.8 Å². The average Bonchev–Trinajstić information content (AvgIpc) is 2.62. The summed E-state index contributed by atoms with van der Waals surface area (Å²) in [5.41, 5.74) is 3.44. The van der Waals surface area contributed by atoms with E-state index in [1.807, 2.05) is 11.8 Å². The Balaban J connectivity index is 1.72. The standard InChI is InChI=1S/C20H27N3OS/c1-5-22-9-11-23(12-10-22)20(24)16(4)25-18-13-15(3)17-8-6-7-14(2)19(17)21-18/h6-8,13,16H,5,9-12H2,1-4H3/t16-/m1/s1. The summed E-state index contributed by atoms with van der Waals surface area (Å²) in [6.07, 6.45) is 0. The number of aryl methyl sites for hydroxylation is 2. The molecule has 1 aromatic heterocycles. The Kier molecular flexibility index (Phi) is 5.64. The summed E-state index contributed by atoms with van der Waals surface area (Å²) >= 11 is 1.57. The van der Waals surface area contributed by atoms with E-state index in [4.69, 9.17) is 4.98 Å². The molecule has 4 nitrogen and oxygen atoms in total. The van der Waals surface area contributed by atoms with Gasteiger partial charge in [0.05, 0.1) is 15.8 Å². The minimum Gasteiger partial charge on any atom is -0.339 e. The zero-order valence-corrected chi connectivity index (χ0v) is 16.4. The first kappa shape index (κ1) is 18.2. The molecule has 1 fully saturated rings. The molecule has 25 heavy (non-hydrogen) atoms. The molecule has 0 N–H and O–H groups in total. The van der Waals surface area contributed by atoms with Gasteiger partial charge in [-0.05, 0) is 44.5 Å². The fourth-order valence-corrected chi connectivity index (χ4v) is 4.37. The van der Waals surface area contributed by atoms with E-state index in [0.717, 1.165) is 43.3 Å². The summed E-state index contributed by atoms with van der Waals surface area (Å²) in [5, 5.41) is 2.02. The maximum Gasteiger partial charge on any atom is 0.235 e. The lowest BCUT2D eigenvalue weighted by Gasteiger charge is -2.35. The van der Waals surface area contributed by atoms with Crippen molar-refractivity contribution in [3.63, 3.8) is 0 Å². The first-order valence-corrected chi connectivity index (χ1v) is 9.92. The number of para-hydroxylation sites is 1. The molecule has 5 heteroatoms. The fraction of sp³-hybridized carbons (Fsp3) is 0.500. The highest BCUT2D eigenvalue weighted by Crippen LogP contribution is 2.28. The number of pyridine rings is 1. The Morgan fingerprint density at radius 3 is 2.60 bits per heavy atom. The molecule has 1 aliphatic heterocycles. The summed E-state index contributed by atoms with van der Waals surface area (Å²) in [6, 6.07) is 8.37. The van der Waals surface area contributed by atoms with Crippen LogP contribution in [-0.4, -0.2) is 58.7 Å². The van der Waals surface area contributed by atoms with E-state index < -0.39 is 0 Å². The number of rotatable bonds is 4. The van der Waals surface area contributed by atoms with Gasteiger partial charge in [-0.25, -0.2) is 4.98 Å². The van der Waals surface area contributed by atoms with Crippen molar-refractivity contribution < 1.29 is 4.79 Å². The number of likely N-dealkylation sites (N-methyl/N-ethyl adjacent to an activating group) is 1. The normalized spacial score (nSPS) is 17.0. The largest absolute Gasteiger partial charge is 0.339 e. The zero-order valence-electron chi connectivity index (χ0n) is 15.6. The van der Waals surface area contributed by atoms with E-state index >= 15 is 0 Å². The van der Waals surface area contributed by atoms with Crippen LogP contribution in [0.25, 0.3) is 10.9 Å². The lowest BCUT2D eigenvalue weighted by Crippen LogP contribution is -2.50. The minimum absolute atomic E-state index is 0.110. The van der Waals surface area contributed by atoms with Gasteiger partial charge in [0.25, 0.3) is 0 Å². The third kappa shape index (κ3) is 3.98. The third-order valence-corrected chi connectivity index (χ3v) is 6.01. The monoisotopic (exact) mass is 357 g/mol. The van der Waals surface area contributed by atoms with Crippen molar-refractivity contribution in [2.45, 2.75) is 38.0 Å². The molecule has 1 atom stereocenters. The van der Waals surface area contributed by atoms with Gasteiger partial charge in [0.2, 0.25) is 5.91 Å². The summed E-state index contributed by atoms with van der Waals surface area (Å²) in [7, 11) is 0. The molecule has 0 radical (unpaired) electrons. The van der Waals surface area contributed by atoms with Crippen molar-refractivity contribution in [2.75, 3.05) is 32.7 Å². The number of hydrogen-bond donors (Lipinski definition) is 0. The molecule has 1 aromatic carbocycles. The van der Waals surface area contributed by atoms with Gasteiger partial charge in [0.1, 0.15) is 0 Å². The SMILES string of the molecule is CCN1CCN(C(=O)[C@@H](C)Sc2cc(C)c3cccc(C)c3n2)CC1. The van der Waals surface area contributed by atoms with Crippen LogP contribution in [0.3, 0.4) is 0 Å². The van der Waals surface area contributed by atoms with Gasteiger partial charge in [-0.15, -0.1) is 0 Å². The van der Waals surface area contributed by atoms with Crippen molar-refractivity contribution in [3.8, 4) is 0 Å². The molecule has 1 saturated heterocycles. The molecule has 1 amide bonds. The molecule has 3 rings (SSSR count). The van der Waals surface area contributed by atoms with Crippen molar-refractivity contribution in [3.05, 3.63) is 35.4 Å². The number of carbonyl (C=O) groups excluding carboxylic acids is 1. The number of carbonyl (C=O) groups is 1. The summed E-state index contributed by atoms with van der Waals surface area (Å²) in [5.74, 6) is 0.227. The Labute approximate surface area is 154 Å². The molecule has 0 bridgehead atoms. The molecule has 134 valence electrons. The highest BCUT2D eigenvalue weighted by molar-refractivity contribution is 8.00. The van der Waals surface area contributed by atoms with Crippen LogP contribution in [-0.2, 0) is 4.79 Å². The second kappa shape index (κ2) is 7.75. The molecule has 0 aliphatic carbocycles. The van der Waals surface area contributed by atoms with E-state index in [-0.39, 0.29) is 11.2 Å². The Hall–Kier alpha value is -1.59. The first-order valence-electron chi connectivity index (χ1n) is 9.04. The van der Waals surface area contributed by atoms with Gasteiger partial charge < -0.3 is 9.80 Å². The first-order chi connectivity index (χ1) is 12.0. The number of benzene rings is 1. The highest BCUT2D eigenvalue weighted by atomic mass is 32.2. The van der Waals surface area contributed by atoms with Crippen LogP contribution in [0.2, 0.25) is 0 Å². The Morgan fingerprint density at radius 2 is 1.92 bits per heavy atom. The van der Waals surface area contributed by atoms with Crippen LogP contribution in [0.15, 0.2) is 29.3 Å². The number of piperazine rings is 1. The lowest BCUT2D eigenvalue weighted by atomic mass is 10.1. The van der Waals surface area contributed by atoms with Gasteiger partial charge in [-0.1, -0.05) is 36.9 Å². The van der Waals surface area contributed by atoms with Crippen LogP contribution in [0.1, 0.15) is 25.0 Å². The summed E-state index contributed by atoms with van der Waals surface area (Å²) in [4.78, 5) is 22.0. The molecule has 0 saturated carbocycles. The molecule has 2 aromatic rings. The molecule has 1 aliphatic rings. The molecule has 0 unspecified atom stereocenters. The quantitative estimate of drug-likeness (QED) is 0.785. The molecular weight excluding hydrogens is 330 g/mol. The number of aromatic nitrogens is 1. The number of fused-ring (bicyclic) bond motifs is 1. The van der Waals surface area contributed by atoms with Gasteiger partial charge in [0.15, 0.2) is 0 Å². The van der Waals surface area contributed by atoms with Gasteiger partial charge in [0, 0.05) is 31.6 Å². The van der Waals surface area contributed by atoms with Gasteiger partial charge >= 0.3 is 0 Å². The summed E-state index contributed by atoms with van der Waals surface area (Å²) in [6.45, 7) is 13.1. The number of hydrogen-bond acceptors (Lipinski definition) is 4. The second-order valence-electron chi connectivity index (χ2n) is 6.77. The van der Waals surface area contributed by atoms with Crippen LogP contribution in [0, 0.1) is 13.8 Å². The highest BCUT2D eigenvalue weighted by Gasteiger charge is 2.25. The predicted molar refractivity (Wildman–Crippen MR) is 105 cm³/mol. The van der Waals surface area contributed by atoms with Gasteiger partial charge in [-0.2, -0.15) is 0 Å². The number of nitrogens with zero attached hydrogens (tertiary/aromatic N) is 3. The number of thioether (sulfide) groups is 1. The van der Waals surface area contributed by atoms with Crippen LogP contribution in [0.4, 0.5) is 0 Å². The van der Waals surface area contributed by atoms with E-state index in [2.05, 4.69) is 49.9 Å². The van der Waals surface area contributed by atoms with Crippen LogP contribution < -0.4 is 0 Å².